The second-order valence-corrected chi connectivity index (χ2v) is 7.40. The molecule has 0 unspecified atom stereocenters. The molecule has 1 aromatic rings. The van der Waals surface area contributed by atoms with Crippen LogP contribution in [0, 0.1) is 0 Å². The van der Waals surface area contributed by atoms with E-state index in [1.807, 2.05) is 34.8 Å². The van der Waals surface area contributed by atoms with E-state index in [1.54, 1.807) is 12.0 Å². The highest BCUT2D eigenvalue weighted by Crippen LogP contribution is 2.10. The quantitative estimate of drug-likeness (QED) is 0.428. The van der Waals surface area contributed by atoms with Crippen molar-refractivity contribution in [3.8, 4) is 0 Å². The number of carbonyl (C=O) groups excluding carboxylic acids is 2. The van der Waals surface area contributed by atoms with Gasteiger partial charge in [-0.15, -0.1) is 0 Å². The molecule has 0 atom stereocenters. The van der Waals surface area contributed by atoms with Crippen LogP contribution in [-0.4, -0.2) is 59.5 Å². The highest BCUT2D eigenvalue weighted by molar-refractivity contribution is 5.84. The lowest BCUT2D eigenvalue weighted by Crippen LogP contribution is -2.43. The lowest BCUT2D eigenvalue weighted by atomic mass is 10.2. The average Bonchev–Trinajstić information content (AvgIpc) is 3.08. The molecule has 1 aromatic heterocycles. The van der Waals surface area contributed by atoms with E-state index in [-0.39, 0.29) is 18.4 Å². The van der Waals surface area contributed by atoms with Crippen LogP contribution in [0.15, 0.2) is 18.3 Å². The molecule has 0 aliphatic heterocycles. The fraction of sp³-hybridized carbons (Fsp3) is 0.727. The number of hydrogen-bond acceptors (Lipinski definition) is 3. The summed E-state index contributed by atoms with van der Waals surface area (Å²) in [6, 6.07) is 4.03. The molecule has 0 fully saturated rings. The van der Waals surface area contributed by atoms with Crippen molar-refractivity contribution >= 4 is 11.8 Å². The van der Waals surface area contributed by atoms with Crippen LogP contribution in [0.2, 0.25) is 0 Å². The van der Waals surface area contributed by atoms with Gasteiger partial charge < -0.3 is 19.1 Å². The van der Waals surface area contributed by atoms with Gasteiger partial charge in [0.2, 0.25) is 11.8 Å². The second-order valence-electron chi connectivity index (χ2n) is 7.40. The molecule has 0 bridgehead atoms. The van der Waals surface area contributed by atoms with E-state index >= 15 is 0 Å². The van der Waals surface area contributed by atoms with Gasteiger partial charge in [-0.25, -0.2) is 0 Å². The Bertz CT molecular complexity index is 571. The highest BCUT2D eigenvalue weighted by Gasteiger charge is 2.21. The molecule has 0 saturated heterocycles. The second kappa shape index (κ2) is 14.2. The molecule has 0 aromatic carbocycles. The molecule has 0 aliphatic carbocycles. The molecule has 28 heavy (non-hydrogen) atoms. The molecule has 0 radical (unpaired) electrons. The van der Waals surface area contributed by atoms with E-state index in [0.717, 1.165) is 50.8 Å². The molecule has 0 N–H and O–H groups in total. The summed E-state index contributed by atoms with van der Waals surface area (Å²) in [4.78, 5) is 29.3. The van der Waals surface area contributed by atoms with Gasteiger partial charge in [-0.1, -0.05) is 33.1 Å². The minimum atomic E-state index is 0.0240. The van der Waals surface area contributed by atoms with Crippen LogP contribution in [0.3, 0.4) is 0 Å². The standard InChI is InChI=1S/C22H39N3O3/c1-5-7-9-13-21(26)25(16-11-17-28-4)19-22(27)24(15-8-6-2)18-20-12-10-14-23(20)3/h10,12,14H,5-9,11,13,15-19H2,1-4H3. The maximum atomic E-state index is 13.1. The fourth-order valence-electron chi connectivity index (χ4n) is 3.14. The molecule has 6 nitrogen and oxygen atoms in total. The van der Waals surface area contributed by atoms with Crippen LogP contribution < -0.4 is 0 Å². The Morgan fingerprint density at radius 1 is 1.00 bits per heavy atom. The van der Waals surface area contributed by atoms with Crippen LogP contribution in [0.5, 0.6) is 0 Å². The summed E-state index contributed by atoms with van der Waals surface area (Å²) in [5, 5.41) is 0. The molecule has 160 valence electrons. The van der Waals surface area contributed by atoms with Crippen molar-refractivity contribution in [2.45, 2.75) is 65.3 Å². The Morgan fingerprint density at radius 3 is 2.32 bits per heavy atom. The van der Waals surface area contributed by atoms with Crippen molar-refractivity contribution in [3.63, 3.8) is 0 Å². The van der Waals surface area contributed by atoms with Gasteiger partial charge in [-0.3, -0.25) is 9.59 Å². The zero-order chi connectivity index (χ0) is 20.8. The smallest absolute Gasteiger partial charge is 0.242 e. The molecule has 0 saturated carbocycles. The van der Waals surface area contributed by atoms with Crippen LogP contribution in [-0.2, 0) is 27.9 Å². The molecule has 0 aliphatic rings. The number of ether oxygens (including phenoxy) is 1. The molecule has 6 heteroatoms. The van der Waals surface area contributed by atoms with E-state index in [2.05, 4.69) is 13.8 Å². The monoisotopic (exact) mass is 393 g/mol. The lowest BCUT2D eigenvalue weighted by molar-refractivity contribution is -0.141. The molecule has 2 amide bonds. The summed E-state index contributed by atoms with van der Waals surface area (Å²) >= 11 is 0. The van der Waals surface area contributed by atoms with Gasteiger partial charge in [-0.05, 0) is 31.4 Å². The predicted octanol–water partition coefficient (Wildman–Crippen LogP) is 3.60. The average molecular weight is 394 g/mol. The molecular formula is C22H39N3O3. The highest BCUT2D eigenvalue weighted by atomic mass is 16.5. The lowest BCUT2D eigenvalue weighted by Gasteiger charge is -2.28. The number of carbonyl (C=O) groups is 2. The van der Waals surface area contributed by atoms with Gasteiger partial charge in [0.25, 0.3) is 0 Å². The summed E-state index contributed by atoms with van der Waals surface area (Å²) in [6.07, 6.45) is 8.25. The molecule has 1 heterocycles. The number of unbranched alkanes of at least 4 members (excludes halogenated alkanes) is 3. The Hall–Kier alpha value is -1.82. The Balaban J connectivity index is 2.77. The Morgan fingerprint density at radius 2 is 1.71 bits per heavy atom. The zero-order valence-corrected chi connectivity index (χ0v) is 18.3. The van der Waals surface area contributed by atoms with Crippen molar-refractivity contribution in [2.24, 2.45) is 7.05 Å². The first kappa shape index (κ1) is 24.2. The summed E-state index contributed by atoms with van der Waals surface area (Å²) in [7, 11) is 3.65. The summed E-state index contributed by atoms with van der Waals surface area (Å²) in [5.74, 6) is 0.100. The molecular weight excluding hydrogens is 354 g/mol. The van der Waals surface area contributed by atoms with Crippen molar-refractivity contribution < 1.29 is 14.3 Å². The van der Waals surface area contributed by atoms with E-state index in [0.29, 0.717) is 26.1 Å². The Kier molecular flexibility index (Phi) is 12.3. The minimum Gasteiger partial charge on any atom is -0.385 e. The number of aromatic nitrogens is 1. The maximum absolute atomic E-state index is 13.1. The fourth-order valence-corrected chi connectivity index (χ4v) is 3.14. The SMILES string of the molecule is CCCCCC(=O)N(CCCOC)CC(=O)N(CCCC)Cc1cccn1C. The van der Waals surface area contributed by atoms with Gasteiger partial charge in [0.05, 0.1) is 13.1 Å². The largest absolute Gasteiger partial charge is 0.385 e. The first-order chi connectivity index (χ1) is 13.5. The van der Waals surface area contributed by atoms with E-state index in [9.17, 15) is 9.59 Å². The summed E-state index contributed by atoms with van der Waals surface area (Å²) in [6.45, 7) is 6.86. The van der Waals surface area contributed by atoms with Gasteiger partial charge in [0, 0.05) is 52.2 Å². The van der Waals surface area contributed by atoms with Gasteiger partial charge in [0.1, 0.15) is 0 Å². The third-order valence-corrected chi connectivity index (χ3v) is 4.99. The predicted molar refractivity (Wildman–Crippen MR) is 113 cm³/mol. The molecule has 0 spiro atoms. The number of hydrogen-bond donors (Lipinski definition) is 0. The number of methoxy groups -OCH3 is 1. The van der Waals surface area contributed by atoms with Crippen LogP contribution in [0.4, 0.5) is 0 Å². The topological polar surface area (TPSA) is 54.8 Å². The van der Waals surface area contributed by atoms with Crippen molar-refractivity contribution in [3.05, 3.63) is 24.0 Å². The Labute approximate surface area is 170 Å². The number of nitrogens with zero attached hydrogens (tertiary/aromatic N) is 3. The van der Waals surface area contributed by atoms with Crippen LogP contribution in [0.25, 0.3) is 0 Å². The number of rotatable bonds is 15. The summed E-state index contributed by atoms with van der Waals surface area (Å²) < 4.78 is 7.16. The normalized spacial score (nSPS) is 10.9. The number of amides is 2. The maximum Gasteiger partial charge on any atom is 0.242 e. The van der Waals surface area contributed by atoms with Crippen molar-refractivity contribution in [1.82, 2.24) is 14.4 Å². The first-order valence-corrected chi connectivity index (χ1v) is 10.7. The van der Waals surface area contributed by atoms with Gasteiger partial charge in [0.15, 0.2) is 0 Å². The molecule has 1 rings (SSSR count). The first-order valence-electron chi connectivity index (χ1n) is 10.7. The van der Waals surface area contributed by atoms with Gasteiger partial charge in [-0.2, -0.15) is 0 Å². The van der Waals surface area contributed by atoms with E-state index < -0.39 is 0 Å². The number of aryl methyl sites for hydroxylation is 1. The van der Waals surface area contributed by atoms with Crippen molar-refractivity contribution in [1.29, 1.82) is 0 Å². The zero-order valence-electron chi connectivity index (χ0n) is 18.3. The van der Waals surface area contributed by atoms with Crippen LogP contribution >= 0.6 is 0 Å². The van der Waals surface area contributed by atoms with Crippen LogP contribution in [0.1, 0.15) is 64.5 Å². The van der Waals surface area contributed by atoms with E-state index in [4.69, 9.17) is 4.74 Å². The minimum absolute atomic E-state index is 0.0240. The third-order valence-electron chi connectivity index (χ3n) is 4.99. The third kappa shape index (κ3) is 8.91. The van der Waals surface area contributed by atoms with Crippen molar-refractivity contribution in [2.75, 3.05) is 33.4 Å². The van der Waals surface area contributed by atoms with E-state index in [1.165, 1.54) is 0 Å². The van der Waals surface area contributed by atoms with Gasteiger partial charge >= 0.3 is 0 Å². The summed E-state index contributed by atoms with van der Waals surface area (Å²) in [5.41, 5.74) is 1.10.